The predicted octanol–water partition coefficient (Wildman–Crippen LogP) is 3.89. The maximum absolute atomic E-state index is 11.7. The minimum absolute atomic E-state index is 0.879. The van der Waals surface area contributed by atoms with Crippen LogP contribution in [0.4, 0.5) is 0 Å². The standard InChI is InChI=1S/C13H18OS/c1-2-3-4-5-9-12-15(14)13-10-7-6-8-11-13/h6-12H,2-5H2,1H3/b12-9+. The lowest BCUT2D eigenvalue weighted by Crippen LogP contribution is -1.84. The number of rotatable bonds is 6. The van der Waals surface area contributed by atoms with E-state index in [4.69, 9.17) is 0 Å². The van der Waals surface area contributed by atoms with Crippen molar-refractivity contribution in [3.8, 4) is 0 Å². The van der Waals surface area contributed by atoms with E-state index in [1.807, 2.05) is 36.4 Å². The van der Waals surface area contributed by atoms with E-state index in [2.05, 4.69) is 6.92 Å². The first-order chi connectivity index (χ1) is 7.34. The fourth-order valence-corrected chi connectivity index (χ4v) is 2.19. The van der Waals surface area contributed by atoms with Gasteiger partial charge in [0.25, 0.3) is 0 Å². The molecule has 1 nitrogen and oxygen atoms in total. The molecule has 1 rings (SSSR count). The Morgan fingerprint density at radius 1 is 1.20 bits per heavy atom. The Labute approximate surface area is 94.7 Å². The van der Waals surface area contributed by atoms with Gasteiger partial charge in [0, 0.05) is 10.3 Å². The molecule has 0 amide bonds. The summed E-state index contributed by atoms with van der Waals surface area (Å²) < 4.78 is 11.7. The number of allylic oxidation sites excluding steroid dienone is 1. The fraction of sp³-hybridized carbons (Fsp3) is 0.385. The zero-order chi connectivity index (χ0) is 10.9. The first-order valence-corrected chi connectivity index (χ1v) is 6.68. The van der Waals surface area contributed by atoms with Gasteiger partial charge in [-0.2, -0.15) is 0 Å². The third-order valence-electron chi connectivity index (χ3n) is 2.17. The summed E-state index contributed by atoms with van der Waals surface area (Å²) in [6.45, 7) is 2.19. The molecule has 0 heterocycles. The Hall–Kier alpha value is -0.890. The second-order valence-corrected chi connectivity index (χ2v) is 4.82. The van der Waals surface area contributed by atoms with Gasteiger partial charge in [-0.15, -0.1) is 0 Å². The normalized spacial score (nSPS) is 13.1. The molecule has 15 heavy (non-hydrogen) atoms. The highest BCUT2D eigenvalue weighted by Gasteiger charge is 1.96. The molecule has 1 atom stereocenters. The van der Waals surface area contributed by atoms with Crippen LogP contribution < -0.4 is 0 Å². The maximum Gasteiger partial charge on any atom is 0.0772 e. The second-order valence-electron chi connectivity index (χ2n) is 3.48. The summed E-state index contributed by atoms with van der Waals surface area (Å²) in [6.07, 6.45) is 6.74. The van der Waals surface area contributed by atoms with Crippen molar-refractivity contribution in [1.29, 1.82) is 0 Å². The van der Waals surface area contributed by atoms with Crippen LogP contribution in [0.5, 0.6) is 0 Å². The lowest BCUT2D eigenvalue weighted by molar-refractivity contribution is 0.688. The smallest absolute Gasteiger partial charge is 0.0772 e. The molecule has 0 aromatic heterocycles. The van der Waals surface area contributed by atoms with Crippen molar-refractivity contribution in [2.24, 2.45) is 0 Å². The molecule has 0 fully saturated rings. The molecule has 0 aliphatic heterocycles. The number of benzene rings is 1. The van der Waals surface area contributed by atoms with Gasteiger partial charge < -0.3 is 0 Å². The number of hydrogen-bond acceptors (Lipinski definition) is 1. The van der Waals surface area contributed by atoms with Crippen LogP contribution in [-0.2, 0) is 10.8 Å². The minimum atomic E-state index is -0.969. The van der Waals surface area contributed by atoms with Crippen LogP contribution in [0, 0.1) is 0 Å². The Bertz CT molecular complexity index is 317. The number of unbranched alkanes of at least 4 members (excludes halogenated alkanes) is 3. The van der Waals surface area contributed by atoms with Gasteiger partial charge in [0.1, 0.15) is 0 Å². The van der Waals surface area contributed by atoms with Crippen molar-refractivity contribution in [3.05, 3.63) is 41.8 Å². The van der Waals surface area contributed by atoms with Crippen LogP contribution >= 0.6 is 0 Å². The fourth-order valence-electron chi connectivity index (χ4n) is 1.30. The van der Waals surface area contributed by atoms with Crippen molar-refractivity contribution in [2.45, 2.75) is 37.5 Å². The Morgan fingerprint density at radius 3 is 2.60 bits per heavy atom. The van der Waals surface area contributed by atoms with Crippen LogP contribution in [0.2, 0.25) is 0 Å². The zero-order valence-corrected chi connectivity index (χ0v) is 10.0. The first-order valence-electron chi connectivity index (χ1n) is 5.47. The molecule has 1 aromatic carbocycles. The third-order valence-corrected chi connectivity index (χ3v) is 3.35. The summed E-state index contributed by atoms with van der Waals surface area (Å²) in [5, 5.41) is 1.80. The van der Waals surface area contributed by atoms with Crippen molar-refractivity contribution in [3.63, 3.8) is 0 Å². The van der Waals surface area contributed by atoms with Crippen LogP contribution in [0.3, 0.4) is 0 Å². The Balaban J connectivity index is 2.36. The predicted molar refractivity (Wildman–Crippen MR) is 66.1 cm³/mol. The molecule has 1 aromatic rings. The van der Waals surface area contributed by atoms with Crippen molar-refractivity contribution < 1.29 is 4.21 Å². The van der Waals surface area contributed by atoms with Crippen LogP contribution in [0.15, 0.2) is 46.7 Å². The highest BCUT2D eigenvalue weighted by atomic mass is 32.2. The summed E-state index contributed by atoms with van der Waals surface area (Å²) >= 11 is 0. The SMILES string of the molecule is CCCCC/C=C/S(=O)c1ccccc1. The van der Waals surface area contributed by atoms with E-state index in [1.54, 1.807) is 5.41 Å². The van der Waals surface area contributed by atoms with Gasteiger partial charge in [-0.05, 0) is 25.0 Å². The van der Waals surface area contributed by atoms with Gasteiger partial charge in [0.2, 0.25) is 0 Å². The second kappa shape index (κ2) is 7.41. The molecule has 82 valence electrons. The summed E-state index contributed by atoms with van der Waals surface area (Å²) in [6, 6.07) is 9.56. The highest BCUT2D eigenvalue weighted by Crippen LogP contribution is 2.07. The van der Waals surface area contributed by atoms with Crippen LogP contribution in [-0.4, -0.2) is 4.21 Å². The molecule has 2 heteroatoms. The molecule has 1 unspecified atom stereocenters. The van der Waals surface area contributed by atoms with E-state index >= 15 is 0 Å². The quantitative estimate of drug-likeness (QED) is 0.667. The van der Waals surface area contributed by atoms with E-state index in [-0.39, 0.29) is 0 Å². The molecule has 0 N–H and O–H groups in total. The monoisotopic (exact) mass is 222 g/mol. The largest absolute Gasteiger partial charge is 0.250 e. The zero-order valence-electron chi connectivity index (χ0n) is 9.19. The molecule has 0 aliphatic rings. The van der Waals surface area contributed by atoms with E-state index in [1.165, 1.54) is 19.3 Å². The average molecular weight is 222 g/mol. The van der Waals surface area contributed by atoms with E-state index in [9.17, 15) is 4.21 Å². The molecule has 0 bridgehead atoms. The number of hydrogen-bond donors (Lipinski definition) is 0. The van der Waals surface area contributed by atoms with Crippen molar-refractivity contribution >= 4 is 10.8 Å². The summed E-state index contributed by atoms with van der Waals surface area (Å²) in [7, 11) is -0.969. The topological polar surface area (TPSA) is 17.1 Å². The first kappa shape index (κ1) is 12.2. The summed E-state index contributed by atoms with van der Waals surface area (Å²) in [5.41, 5.74) is 0. The molecule has 0 saturated carbocycles. The molecule has 0 saturated heterocycles. The van der Waals surface area contributed by atoms with Gasteiger partial charge in [-0.3, -0.25) is 0 Å². The molecular weight excluding hydrogens is 204 g/mol. The minimum Gasteiger partial charge on any atom is -0.250 e. The Kier molecular flexibility index (Phi) is 6.02. The molecule has 0 radical (unpaired) electrons. The van der Waals surface area contributed by atoms with Gasteiger partial charge >= 0.3 is 0 Å². The lowest BCUT2D eigenvalue weighted by atomic mass is 10.2. The van der Waals surface area contributed by atoms with E-state index in [0.717, 1.165) is 11.3 Å². The summed E-state index contributed by atoms with van der Waals surface area (Å²) in [4.78, 5) is 0.879. The summed E-state index contributed by atoms with van der Waals surface area (Å²) in [5.74, 6) is 0. The highest BCUT2D eigenvalue weighted by molar-refractivity contribution is 7.88. The van der Waals surface area contributed by atoms with Gasteiger partial charge in [-0.1, -0.05) is 44.0 Å². The van der Waals surface area contributed by atoms with Crippen molar-refractivity contribution in [2.75, 3.05) is 0 Å². The lowest BCUT2D eigenvalue weighted by Gasteiger charge is -1.95. The Morgan fingerprint density at radius 2 is 1.93 bits per heavy atom. The van der Waals surface area contributed by atoms with Crippen LogP contribution in [0.1, 0.15) is 32.6 Å². The molecular formula is C13H18OS. The van der Waals surface area contributed by atoms with E-state index < -0.39 is 10.8 Å². The third kappa shape index (κ3) is 4.93. The average Bonchev–Trinajstić information content (AvgIpc) is 2.30. The maximum atomic E-state index is 11.7. The van der Waals surface area contributed by atoms with Gasteiger partial charge in [0.05, 0.1) is 10.8 Å². The molecule has 0 spiro atoms. The van der Waals surface area contributed by atoms with E-state index in [0.29, 0.717) is 0 Å². The van der Waals surface area contributed by atoms with Crippen molar-refractivity contribution in [1.82, 2.24) is 0 Å². The van der Waals surface area contributed by atoms with Crippen LogP contribution in [0.25, 0.3) is 0 Å². The van der Waals surface area contributed by atoms with Gasteiger partial charge in [-0.25, -0.2) is 4.21 Å². The molecule has 0 aliphatic carbocycles. The van der Waals surface area contributed by atoms with Gasteiger partial charge in [0.15, 0.2) is 0 Å².